The van der Waals surface area contributed by atoms with Gasteiger partial charge in [0, 0.05) is 51.5 Å². The molecule has 2 aliphatic heterocycles. The molecule has 0 radical (unpaired) electrons. The quantitative estimate of drug-likeness (QED) is 0.858. The number of sulfonamides is 1. The van der Waals surface area contributed by atoms with Crippen molar-refractivity contribution in [3.8, 4) is 0 Å². The van der Waals surface area contributed by atoms with E-state index in [0.717, 1.165) is 44.9 Å². The van der Waals surface area contributed by atoms with E-state index < -0.39 is 21.9 Å². The van der Waals surface area contributed by atoms with Crippen molar-refractivity contribution >= 4 is 10.0 Å². The van der Waals surface area contributed by atoms with E-state index in [0.29, 0.717) is 19.2 Å². The number of nitrogens with one attached hydrogen (secondary N) is 1. The van der Waals surface area contributed by atoms with Crippen LogP contribution in [0.3, 0.4) is 0 Å². The van der Waals surface area contributed by atoms with Crippen LogP contribution in [0.5, 0.6) is 0 Å². The molecule has 0 bridgehead atoms. The topological polar surface area (TPSA) is 65.5 Å². The first-order chi connectivity index (χ1) is 11.3. The van der Waals surface area contributed by atoms with Crippen LogP contribution in [0.25, 0.3) is 0 Å². The third kappa shape index (κ3) is 3.56. The van der Waals surface area contributed by atoms with Gasteiger partial charge in [0.25, 0.3) is 0 Å². The number of nitrogens with zero attached hydrogens (tertiary/aromatic N) is 3. The molecule has 3 rings (SSSR count). The summed E-state index contributed by atoms with van der Waals surface area (Å²) in [4.78, 5) is 5.31. The Kier molecular flexibility index (Phi) is 4.82. The molecule has 24 heavy (non-hydrogen) atoms. The highest BCUT2D eigenvalue weighted by Gasteiger charge is 2.37. The van der Waals surface area contributed by atoms with Crippen molar-refractivity contribution in [2.45, 2.75) is 23.5 Å². The maximum atomic E-state index is 12.6. The van der Waals surface area contributed by atoms with Gasteiger partial charge in [0.1, 0.15) is 10.6 Å². The fourth-order valence-corrected chi connectivity index (χ4v) is 4.56. The third-order valence-corrected chi connectivity index (χ3v) is 6.31. The Labute approximate surface area is 138 Å². The molecule has 0 aromatic carbocycles. The number of alkyl halides is 3. The highest BCUT2D eigenvalue weighted by molar-refractivity contribution is 7.89. The van der Waals surface area contributed by atoms with E-state index in [-0.39, 0.29) is 10.9 Å². The Bertz CT molecular complexity index is 672. The molecule has 2 fully saturated rings. The maximum Gasteiger partial charge on any atom is 0.433 e. The molecule has 0 spiro atoms. The third-order valence-electron chi connectivity index (χ3n) is 4.46. The molecule has 1 unspecified atom stereocenters. The second-order valence-corrected chi connectivity index (χ2v) is 7.91. The molecule has 2 aliphatic rings. The lowest BCUT2D eigenvalue weighted by Crippen LogP contribution is -2.49. The van der Waals surface area contributed by atoms with Crippen LogP contribution in [0.15, 0.2) is 23.2 Å². The fraction of sp³-hybridized carbons (Fsp3) is 0.643. The number of piperazine rings is 1. The van der Waals surface area contributed by atoms with Gasteiger partial charge in [0.15, 0.2) is 0 Å². The minimum atomic E-state index is -4.58. The Morgan fingerprint density at radius 3 is 2.46 bits per heavy atom. The van der Waals surface area contributed by atoms with E-state index in [1.165, 1.54) is 4.31 Å². The van der Waals surface area contributed by atoms with Crippen LogP contribution < -0.4 is 5.32 Å². The molecule has 0 aliphatic carbocycles. The highest BCUT2D eigenvalue weighted by Crippen LogP contribution is 2.29. The molecular formula is C14H19F3N4O2S. The minimum Gasteiger partial charge on any atom is -0.314 e. The van der Waals surface area contributed by atoms with Crippen molar-refractivity contribution < 1.29 is 21.6 Å². The zero-order chi connectivity index (χ0) is 17.4. The lowest BCUT2D eigenvalue weighted by atomic mass is 10.2. The van der Waals surface area contributed by atoms with Gasteiger partial charge in [-0.1, -0.05) is 0 Å². The molecule has 0 saturated carbocycles. The van der Waals surface area contributed by atoms with Crippen LogP contribution in [-0.2, 0) is 16.2 Å². The number of halogens is 3. The normalized spacial score (nSPS) is 24.4. The summed E-state index contributed by atoms with van der Waals surface area (Å²) in [7, 11) is -3.81. The lowest BCUT2D eigenvalue weighted by Gasteiger charge is -2.32. The Morgan fingerprint density at radius 2 is 1.88 bits per heavy atom. The van der Waals surface area contributed by atoms with Crippen LogP contribution in [-0.4, -0.2) is 67.9 Å². The fourth-order valence-electron chi connectivity index (χ4n) is 3.12. The minimum absolute atomic E-state index is 0.157. The van der Waals surface area contributed by atoms with E-state index in [9.17, 15) is 21.6 Å². The van der Waals surface area contributed by atoms with Crippen LogP contribution in [0.2, 0.25) is 0 Å². The van der Waals surface area contributed by atoms with E-state index in [1.54, 1.807) is 0 Å². The van der Waals surface area contributed by atoms with Gasteiger partial charge in [-0.05, 0) is 18.6 Å². The molecule has 1 aromatic rings. The first-order valence-corrected chi connectivity index (χ1v) is 9.20. The molecule has 0 amide bonds. The smallest absolute Gasteiger partial charge is 0.314 e. The van der Waals surface area contributed by atoms with Gasteiger partial charge < -0.3 is 5.32 Å². The maximum absolute atomic E-state index is 12.6. The first-order valence-electron chi connectivity index (χ1n) is 7.76. The summed E-state index contributed by atoms with van der Waals surface area (Å²) in [5.41, 5.74) is -1.10. The zero-order valence-electron chi connectivity index (χ0n) is 13.0. The van der Waals surface area contributed by atoms with Crippen molar-refractivity contribution in [1.29, 1.82) is 0 Å². The van der Waals surface area contributed by atoms with E-state index in [1.807, 2.05) is 0 Å². The van der Waals surface area contributed by atoms with Crippen LogP contribution >= 0.6 is 0 Å². The number of pyridine rings is 1. The Hall–Kier alpha value is -1.23. The number of rotatable bonds is 3. The van der Waals surface area contributed by atoms with Crippen molar-refractivity contribution in [2.75, 3.05) is 39.3 Å². The molecular weight excluding hydrogens is 345 g/mol. The van der Waals surface area contributed by atoms with E-state index in [4.69, 9.17) is 0 Å². The van der Waals surface area contributed by atoms with E-state index >= 15 is 0 Å². The molecule has 2 saturated heterocycles. The molecule has 3 heterocycles. The summed E-state index contributed by atoms with van der Waals surface area (Å²) in [6, 6.07) is 1.84. The summed E-state index contributed by atoms with van der Waals surface area (Å²) < 4.78 is 64.2. The van der Waals surface area contributed by atoms with Crippen molar-refractivity contribution in [3.05, 3.63) is 24.0 Å². The van der Waals surface area contributed by atoms with Crippen molar-refractivity contribution in [1.82, 2.24) is 19.5 Å². The monoisotopic (exact) mass is 364 g/mol. The SMILES string of the molecule is O=S(=O)(c1ccc(C(F)(F)F)nc1)N1CCC(N2CCNCC2)C1. The summed E-state index contributed by atoms with van der Waals surface area (Å²) in [5.74, 6) is 0. The summed E-state index contributed by atoms with van der Waals surface area (Å²) in [6.45, 7) is 4.25. The van der Waals surface area contributed by atoms with E-state index in [2.05, 4.69) is 15.2 Å². The van der Waals surface area contributed by atoms with Crippen LogP contribution in [0.1, 0.15) is 12.1 Å². The first kappa shape index (κ1) is 17.6. The molecule has 10 heteroatoms. The lowest BCUT2D eigenvalue weighted by molar-refractivity contribution is -0.141. The average molecular weight is 364 g/mol. The number of aromatic nitrogens is 1. The van der Waals surface area contributed by atoms with Gasteiger partial charge in [-0.15, -0.1) is 0 Å². The van der Waals surface area contributed by atoms with Gasteiger partial charge in [0.2, 0.25) is 10.0 Å². The van der Waals surface area contributed by atoms with Crippen molar-refractivity contribution in [2.24, 2.45) is 0 Å². The zero-order valence-corrected chi connectivity index (χ0v) is 13.8. The van der Waals surface area contributed by atoms with Crippen molar-refractivity contribution in [3.63, 3.8) is 0 Å². The molecule has 134 valence electrons. The number of hydrogen-bond acceptors (Lipinski definition) is 5. The average Bonchev–Trinajstić information content (AvgIpc) is 3.06. The molecule has 1 N–H and O–H groups in total. The number of hydrogen-bond donors (Lipinski definition) is 1. The van der Waals surface area contributed by atoms with Gasteiger partial charge in [-0.25, -0.2) is 8.42 Å². The van der Waals surface area contributed by atoms with Crippen LogP contribution in [0, 0.1) is 0 Å². The Morgan fingerprint density at radius 1 is 1.17 bits per heavy atom. The molecule has 1 aromatic heterocycles. The van der Waals surface area contributed by atoms with Gasteiger partial charge in [0.05, 0.1) is 0 Å². The largest absolute Gasteiger partial charge is 0.433 e. The molecule has 1 atom stereocenters. The molecule has 6 nitrogen and oxygen atoms in total. The predicted octanol–water partition coefficient (Wildman–Crippen LogP) is 0.769. The van der Waals surface area contributed by atoms with Gasteiger partial charge in [-0.3, -0.25) is 9.88 Å². The standard InChI is InChI=1S/C14H19F3N4O2S/c15-14(16,17)13-2-1-12(9-19-13)24(22,23)21-6-3-11(10-21)20-7-4-18-5-8-20/h1-2,9,11,18H,3-8,10H2. The summed E-state index contributed by atoms with van der Waals surface area (Å²) >= 11 is 0. The second-order valence-electron chi connectivity index (χ2n) is 5.97. The van der Waals surface area contributed by atoms with Crippen LogP contribution in [0.4, 0.5) is 13.2 Å². The Balaban J connectivity index is 1.71. The van der Waals surface area contributed by atoms with Gasteiger partial charge in [-0.2, -0.15) is 17.5 Å². The summed E-state index contributed by atoms with van der Waals surface area (Å²) in [6.07, 6.45) is -3.06. The van der Waals surface area contributed by atoms with Gasteiger partial charge >= 0.3 is 6.18 Å². The highest BCUT2D eigenvalue weighted by atomic mass is 32.2. The second kappa shape index (κ2) is 6.58. The summed E-state index contributed by atoms with van der Waals surface area (Å²) in [5, 5.41) is 3.25. The predicted molar refractivity (Wildman–Crippen MR) is 80.8 cm³/mol.